The second-order valence-electron chi connectivity index (χ2n) is 4.32. The summed E-state index contributed by atoms with van der Waals surface area (Å²) in [5.41, 5.74) is 14.2. The van der Waals surface area contributed by atoms with Crippen molar-refractivity contribution in [1.82, 2.24) is 4.98 Å². The highest BCUT2D eigenvalue weighted by atomic mass is 16.1. The Morgan fingerprint density at radius 2 is 1.95 bits per heavy atom. The molecule has 0 aliphatic heterocycles. The molecule has 0 fully saturated rings. The van der Waals surface area contributed by atoms with E-state index in [1.165, 1.54) is 0 Å². The van der Waals surface area contributed by atoms with Crippen molar-refractivity contribution in [3.63, 3.8) is 0 Å². The van der Waals surface area contributed by atoms with Gasteiger partial charge in [-0.3, -0.25) is 9.78 Å². The van der Waals surface area contributed by atoms with Crippen LogP contribution in [0.2, 0.25) is 0 Å². The second-order valence-corrected chi connectivity index (χ2v) is 4.32. The zero-order valence-corrected chi connectivity index (χ0v) is 10.6. The van der Waals surface area contributed by atoms with Gasteiger partial charge < -0.3 is 16.8 Å². The van der Waals surface area contributed by atoms with E-state index in [0.717, 1.165) is 5.56 Å². The summed E-state index contributed by atoms with van der Waals surface area (Å²) in [5, 5.41) is 2.77. The Balaban J connectivity index is 2.18. The number of aromatic nitrogens is 1. The zero-order chi connectivity index (χ0) is 13.8. The van der Waals surface area contributed by atoms with Crippen molar-refractivity contribution >= 4 is 17.3 Å². The van der Waals surface area contributed by atoms with Crippen molar-refractivity contribution in [2.24, 2.45) is 5.73 Å². The number of nitrogen functional groups attached to an aromatic ring is 1. The largest absolute Gasteiger partial charge is 0.398 e. The molecule has 5 nitrogen and oxygen atoms in total. The first kappa shape index (κ1) is 13.0. The highest BCUT2D eigenvalue weighted by molar-refractivity contribution is 6.04. The molecule has 2 rings (SSSR count). The van der Waals surface area contributed by atoms with Gasteiger partial charge in [-0.15, -0.1) is 0 Å². The third-order valence-electron chi connectivity index (χ3n) is 2.78. The van der Waals surface area contributed by atoms with Crippen LogP contribution in [0.3, 0.4) is 0 Å². The maximum Gasteiger partial charge on any atom is 0.255 e. The number of pyridine rings is 1. The van der Waals surface area contributed by atoms with Gasteiger partial charge in [0.05, 0.1) is 0 Å². The fourth-order valence-corrected chi connectivity index (χ4v) is 1.77. The second kappa shape index (κ2) is 5.49. The summed E-state index contributed by atoms with van der Waals surface area (Å²) in [4.78, 5) is 15.9. The summed E-state index contributed by atoms with van der Waals surface area (Å²) in [5.74, 6) is -0.214. The lowest BCUT2D eigenvalue weighted by molar-refractivity contribution is 0.102. The van der Waals surface area contributed by atoms with E-state index in [1.54, 1.807) is 42.7 Å². The number of benzene rings is 1. The van der Waals surface area contributed by atoms with Gasteiger partial charge in [0, 0.05) is 35.4 Å². The lowest BCUT2D eigenvalue weighted by atomic mass is 10.0. The molecule has 2 aromatic rings. The van der Waals surface area contributed by atoms with E-state index in [2.05, 4.69) is 10.3 Å². The Kier molecular flexibility index (Phi) is 3.77. The van der Waals surface area contributed by atoms with E-state index >= 15 is 0 Å². The van der Waals surface area contributed by atoms with Gasteiger partial charge in [0.1, 0.15) is 0 Å². The molecule has 1 heterocycles. The molecule has 0 unspecified atom stereocenters. The van der Waals surface area contributed by atoms with Crippen LogP contribution in [-0.2, 0) is 0 Å². The number of hydrogen-bond donors (Lipinski definition) is 3. The van der Waals surface area contributed by atoms with E-state index < -0.39 is 0 Å². The fraction of sp³-hybridized carbons (Fsp3) is 0.143. The van der Waals surface area contributed by atoms with Gasteiger partial charge in [0.15, 0.2) is 0 Å². The highest BCUT2D eigenvalue weighted by Crippen LogP contribution is 2.20. The van der Waals surface area contributed by atoms with E-state index in [4.69, 9.17) is 11.5 Å². The molecular formula is C14H16N4O. The molecule has 0 aliphatic rings. The summed E-state index contributed by atoms with van der Waals surface area (Å²) in [6.45, 7) is 1.85. The smallest absolute Gasteiger partial charge is 0.255 e. The predicted octanol–water partition coefficient (Wildman–Crippen LogP) is 1.94. The number of amides is 1. The van der Waals surface area contributed by atoms with Gasteiger partial charge in [0.25, 0.3) is 5.91 Å². The molecule has 98 valence electrons. The molecule has 1 aromatic heterocycles. The lowest BCUT2D eigenvalue weighted by Crippen LogP contribution is -2.14. The van der Waals surface area contributed by atoms with E-state index in [1.807, 2.05) is 6.92 Å². The minimum absolute atomic E-state index is 0.155. The van der Waals surface area contributed by atoms with Gasteiger partial charge in [-0.1, -0.05) is 6.07 Å². The molecule has 1 aromatic carbocycles. The van der Waals surface area contributed by atoms with Crippen LogP contribution in [0.1, 0.15) is 28.9 Å². The van der Waals surface area contributed by atoms with Gasteiger partial charge in [-0.25, -0.2) is 0 Å². The minimum Gasteiger partial charge on any atom is -0.398 e. The van der Waals surface area contributed by atoms with Crippen molar-refractivity contribution in [3.8, 4) is 0 Å². The maximum absolute atomic E-state index is 12.0. The lowest BCUT2D eigenvalue weighted by Gasteiger charge is -2.11. The topological polar surface area (TPSA) is 94.0 Å². The van der Waals surface area contributed by atoms with Crippen LogP contribution in [-0.4, -0.2) is 10.9 Å². The third-order valence-corrected chi connectivity index (χ3v) is 2.78. The van der Waals surface area contributed by atoms with E-state index in [9.17, 15) is 4.79 Å². The predicted molar refractivity (Wildman–Crippen MR) is 75.6 cm³/mol. The van der Waals surface area contributed by atoms with Crippen molar-refractivity contribution < 1.29 is 4.79 Å². The van der Waals surface area contributed by atoms with Crippen molar-refractivity contribution in [3.05, 3.63) is 53.9 Å². The fourth-order valence-electron chi connectivity index (χ4n) is 1.77. The average molecular weight is 256 g/mol. The first-order valence-corrected chi connectivity index (χ1v) is 5.94. The molecule has 0 radical (unpaired) electrons. The van der Waals surface area contributed by atoms with Crippen LogP contribution in [0.4, 0.5) is 11.4 Å². The summed E-state index contributed by atoms with van der Waals surface area (Å²) >= 11 is 0. The molecule has 1 atom stereocenters. The number of anilines is 2. The van der Waals surface area contributed by atoms with Gasteiger partial charge in [0.2, 0.25) is 0 Å². The number of nitrogens with zero attached hydrogens (tertiary/aromatic N) is 1. The van der Waals surface area contributed by atoms with Gasteiger partial charge in [-0.05, 0) is 36.8 Å². The standard InChI is InChI=1S/C14H16N4O/c1-9(15)12-3-2-10(8-13(12)16)14(19)18-11-4-6-17-7-5-11/h2-9H,15-16H2,1H3,(H,17,18,19)/t9-/m1/s1. The van der Waals surface area contributed by atoms with Crippen LogP contribution < -0.4 is 16.8 Å². The normalized spacial score (nSPS) is 11.9. The number of rotatable bonds is 3. The molecule has 0 bridgehead atoms. The number of carbonyl (C=O) groups excluding carboxylic acids is 1. The number of hydrogen-bond acceptors (Lipinski definition) is 4. The van der Waals surface area contributed by atoms with Crippen LogP contribution in [0.25, 0.3) is 0 Å². The monoisotopic (exact) mass is 256 g/mol. The molecule has 5 heteroatoms. The van der Waals surface area contributed by atoms with E-state index in [-0.39, 0.29) is 11.9 Å². The summed E-state index contributed by atoms with van der Waals surface area (Å²) in [6.07, 6.45) is 3.23. The summed E-state index contributed by atoms with van der Waals surface area (Å²) in [7, 11) is 0. The van der Waals surface area contributed by atoms with Crippen molar-refractivity contribution in [2.75, 3.05) is 11.1 Å². The third kappa shape index (κ3) is 3.08. The molecule has 0 saturated heterocycles. The minimum atomic E-state index is -0.214. The van der Waals surface area contributed by atoms with Crippen LogP contribution in [0.15, 0.2) is 42.7 Å². The number of nitrogens with two attached hydrogens (primary N) is 2. The first-order valence-electron chi connectivity index (χ1n) is 5.94. The van der Waals surface area contributed by atoms with Crippen LogP contribution in [0, 0.1) is 0 Å². The molecule has 0 aliphatic carbocycles. The van der Waals surface area contributed by atoms with Crippen molar-refractivity contribution in [2.45, 2.75) is 13.0 Å². The summed E-state index contributed by atoms with van der Waals surface area (Å²) < 4.78 is 0. The molecule has 0 saturated carbocycles. The average Bonchev–Trinajstić information content (AvgIpc) is 2.39. The van der Waals surface area contributed by atoms with E-state index in [0.29, 0.717) is 16.9 Å². The summed E-state index contributed by atoms with van der Waals surface area (Å²) in [6, 6.07) is 8.41. The Bertz CT molecular complexity index is 581. The molecule has 1 amide bonds. The van der Waals surface area contributed by atoms with Crippen LogP contribution >= 0.6 is 0 Å². The first-order chi connectivity index (χ1) is 9.08. The Morgan fingerprint density at radius 1 is 1.26 bits per heavy atom. The Hall–Kier alpha value is -2.40. The zero-order valence-electron chi connectivity index (χ0n) is 10.6. The quantitative estimate of drug-likeness (QED) is 0.731. The van der Waals surface area contributed by atoms with Gasteiger partial charge >= 0.3 is 0 Å². The Morgan fingerprint density at radius 3 is 2.53 bits per heavy atom. The SMILES string of the molecule is C[C@@H](N)c1ccc(C(=O)Nc2ccncc2)cc1N. The molecular weight excluding hydrogens is 240 g/mol. The Labute approximate surface area is 111 Å². The highest BCUT2D eigenvalue weighted by Gasteiger charge is 2.10. The van der Waals surface area contributed by atoms with Gasteiger partial charge in [-0.2, -0.15) is 0 Å². The van der Waals surface area contributed by atoms with Crippen LogP contribution in [0.5, 0.6) is 0 Å². The molecule has 0 spiro atoms. The molecule has 5 N–H and O–H groups in total. The number of nitrogens with one attached hydrogen (secondary N) is 1. The molecule has 19 heavy (non-hydrogen) atoms. The van der Waals surface area contributed by atoms with Crippen molar-refractivity contribution in [1.29, 1.82) is 0 Å². The maximum atomic E-state index is 12.0. The number of carbonyl (C=O) groups is 1.